The van der Waals surface area contributed by atoms with Crippen molar-refractivity contribution in [3.63, 3.8) is 0 Å². The molecule has 53 valence electrons. The molecule has 0 saturated heterocycles. The van der Waals surface area contributed by atoms with E-state index < -0.39 is 6.09 Å². The Morgan fingerprint density at radius 1 is 1.89 bits per heavy atom. The number of ether oxygens (including phenoxy) is 1. The molecule has 0 aromatic rings. The average Bonchev–Trinajstić information content (AvgIpc) is 1.63. The minimum atomic E-state index is -0.771. The predicted molar refractivity (Wildman–Crippen MR) is 35.2 cm³/mol. The zero-order chi connectivity index (χ0) is 7.28. The van der Waals surface area contributed by atoms with Crippen LogP contribution < -0.4 is 5.73 Å². The summed E-state index contributed by atoms with van der Waals surface area (Å²) in [7, 11) is 0. The van der Waals surface area contributed by atoms with Crippen LogP contribution in [0.4, 0.5) is 4.79 Å². The summed E-state index contributed by atoms with van der Waals surface area (Å²) < 4.78 is 4.37. The van der Waals surface area contributed by atoms with Crippen LogP contribution in [-0.2, 0) is 4.74 Å². The van der Waals surface area contributed by atoms with Gasteiger partial charge >= 0.3 is 6.09 Å². The molecule has 0 saturated carbocycles. The third-order valence-corrected chi connectivity index (χ3v) is 0.894. The molecule has 0 aliphatic rings. The van der Waals surface area contributed by atoms with Crippen LogP contribution in [0.1, 0.15) is 6.42 Å². The first kappa shape index (κ1) is 8.56. The summed E-state index contributed by atoms with van der Waals surface area (Å²) in [4.78, 5) is 9.92. The van der Waals surface area contributed by atoms with Crippen molar-refractivity contribution in [2.45, 2.75) is 11.8 Å². The standard InChI is InChI=1S/C5H9ClNO2/c1-4(6)2-3-9-5(7)8/h4H,1-3H2,(H2,7,8). The van der Waals surface area contributed by atoms with E-state index in [1.54, 1.807) is 0 Å². The summed E-state index contributed by atoms with van der Waals surface area (Å²) in [6, 6.07) is 0. The van der Waals surface area contributed by atoms with Gasteiger partial charge in [0.2, 0.25) is 0 Å². The minimum Gasteiger partial charge on any atom is -0.450 e. The molecule has 0 aromatic heterocycles. The second-order valence-electron chi connectivity index (χ2n) is 1.55. The first-order valence-electron chi connectivity index (χ1n) is 2.52. The van der Waals surface area contributed by atoms with Gasteiger partial charge in [-0.1, -0.05) is 0 Å². The molecule has 1 atom stereocenters. The van der Waals surface area contributed by atoms with E-state index in [-0.39, 0.29) is 12.0 Å². The van der Waals surface area contributed by atoms with Crippen molar-refractivity contribution in [1.82, 2.24) is 0 Å². The van der Waals surface area contributed by atoms with Crippen LogP contribution in [0, 0.1) is 6.92 Å². The SMILES string of the molecule is [CH2]C(Cl)CCOC(N)=O. The Morgan fingerprint density at radius 3 is 2.78 bits per heavy atom. The van der Waals surface area contributed by atoms with Gasteiger partial charge in [-0.2, -0.15) is 0 Å². The van der Waals surface area contributed by atoms with Crippen LogP contribution in [0.15, 0.2) is 0 Å². The average molecular weight is 151 g/mol. The van der Waals surface area contributed by atoms with Gasteiger partial charge in [0.25, 0.3) is 0 Å². The third kappa shape index (κ3) is 7.56. The Balaban J connectivity index is 3.01. The maximum atomic E-state index is 9.92. The number of primary amides is 1. The molecule has 9 heavy (non-hydrogen) atoms. The highest BCUT2D eigenvalue weighted by Crippen LogP contribution is 1.98. The van der Waals surface area contributed by atoms with Crippen molar-refractivity contribution < 1.29 is 9.53 Å². The zero-order valence-corrected chi connectivity index (χ0v) is 5.73. The van der Waals surface area contributed by atoms with Gasteiger partial charge in [0, 0.05) is 5.38 Å². The fourth-order valence-corrected chi connectivity index (χ4v) is 0.376. The maximum Gasteiger partial charge on any atom is 0.404 e. The van der Waals surface area contributed by atoms with Gasteiger partial charge in [-0.25, -0.2) is 4.79 Å². The van der Waals surface area contributed by atoms with Gasteiger partial charge in [0.15, 0.2) is 0 Å². The second-order valence-corrected chi connectivity index (χ2v) is 2.17. The van der Waals surface area contributed by atoms with Gasteiger partial charge in [0.1, 0.15) is 0 Å². The van der Waals surface area contributed by atoms with Gasteiger partial charge in [-0.15, -0.1) is 11.6 Å². The second kappa shape index (κ2) is 4.44. The molecule has 1 unspecified atom stereocenters. The van der Waals surface area contributed by atoms with E-state index in [2.05, 4.69) is 17.4 Å². The zero-order valence-electron chi connectivity index (χ0n) is 4.97. The normalized spacial score (nSPS) is 12.7. The Hall–Kier alpha value is -0.440. The van der Waals surface area contributed by atoms with Crippen molar-refractivity contribution in [1.29, 1.82) is 0 Å². The number of hydrogen-bond donors (Lipinski definition) is 1. The molecule has 0 aliphatic heterocycles. The van der Waals surface area contributed by atoms with Crippen molar-refractivity contribution >= 4 is 17.7 Å². The van der Waals surface area contributed by atoms with Crippen LogP contribution >= 0.6 is 11.6 Å². The summed E-state index contributed by atoms with van der Waals surface area (Å²) in [5.41, 5.74) is 4.65. The molecule has 0 fully saturated rings. The number of nitrogens with two attached hydrogens (primary N) is 1. The monoisotopic (exact) mass is 150 g/mol. The number of amides is 1. The van der Waals surface area contributed by atoms with Gasteiger partial charge in [-0.05, 0) is 13.3 Å². The molecule has 1 amide bonds. The number of carbonyl (C=O) groups excluding carboxylic acids is 1. The molecule has 0 aliphatic carbocycles. The predicted octanol–water partition coefficient (Wildman–Crippen LogP) is 0.913. The molecular formula is C5H9ClNO2. The maximum absolute atomic E-state index is 9.92. The quantitative estimate of drug-likeness (QED) is 0.608. The Kier molecular flexibility index (Phi) is 4.22. The van der Waals surface area contributed by atoms with Crippen LogP contribution in [0.2, 0.25) is 0 Å². The molecule has 2 N–H and O–H groups in total. The molecule has 3 nitrogen and oxygen atoms in total. The lowest BCUT2D eigenvalue weighted by Crippen LogP contribution is -2.14. The lowest BCUT2D eigenvalue weighted by Gasteiger charge is -2.00. The number of carbonyl (C=O) groups is 1. The van der Waals surface area contributed by atoms with Crippen molar-refractivity contribution in [2.75, 3.05) is 6.61 Å². The van der Waals surface area contributed by atoms with Crippen molar-refractivity contribution in [3.8, 4) is 0 Å². The molecule has 0 heterocycles. The molecule has 4 heteroatoms. The van der Waals surface area contributed by atoms with E-state index in [1.165, 1.54) is 0 Å². The topological polar surface area (TPSA) is 52.3 Å². The Bertz CT molecular complexity index is 95.0. The molecule has 0 rings (SSSR count). The van der Waals surface area contributed by atoms with E-state index in [1.807, 2.05) is 0 Å². The fraction of sp³-hybridized carbons (Fsp3) is 0.600. The van der Waals surface area contributed by atoms with Crippen molar-refractivity contribution in [2.24, 2.45) is 5.73 Å². The summed E-state index contributed by atoms with van der Waals surface area (Å²) >= 11 is 5.42. The summed E-state index contributed by atoms with van der Waals surface area (Å²) in [5.74, 6) is 0. The highest BCUT2D eigenvalue weighted by molar-refractivity contribution is 6.21. The summed E-state index contributed by atoms with van der Waals surface area (Å²) in [6.07, 6.45) is -0.239. The van der Waals surface area contributed by atoms with E-state index in [4.69, 9.17) is 11.6 Å². The first-order chi connectivity index (χ1) is 4.13. The molecular weight excluding hydrogens is 142 g/mol. The number of rotatable bonds is 3. The summed E-state index contributed by atoms with van der Waals surface area (Å²) in [5, 5.41) is -0.218. The van der Waals surface area contributed by atoms with E-state index in [9.17, 15) is 4.79 Å². The Labute approximate surface area is 59.1 Å². The van der Waals surface area contributed by atoms with E-state index >= 15 is 0 Å². The van der Waals surface area contributed by atoms with Crippen LogP contribution in [-0.4, -0.2) is 18.1 Å². The minimum absolute atomic E-state index is 0.218. The van der Waals surface area contributed by atoms with E-state index in [0.29, 0.717) is 6.42 Å². The first-order valence-corrected chi connectivity index (χ1v) is 2.96. The summed E-state index contributed by atoms with van der Waals surface area (Å²) in [6.45, 7) is 3.71. The number of alkyl halides is 1. The number of halogens is 1. The van der Waals surface area contributed by atoms with Gasteiger partial charge in [-0.3, -0.25) is 0 Å². The smallest absolute Gasteiger partial charge is 0.404 e. The highest BCUT2D eigenvalue weighted by Gasteiger charge is 1.97. The van der Waals surface area contributed by atoms with Gasteiger partial charge in [0.05, 0.1) is 6.61 Å². The van der Waals surface area contributed by atoms with E-state index in [0.717, 1.165) is 0 Å². The van der Waals surface area contributed by atoms with Crippen LogP contribution in [0.3, 0.4) is 0 Å². The highest BCUT2D eigenvalue weighted by atomic mass is 35.5. The third-order valence-electron chi connectivity index (χ3n) is 0.675. The fourth-order valence-electron chi connectivity index (χ4n) is 0.287. The lowest BCUT2D eigenvalue weighted by molar-refractivity contribution is 0.156. The molecule has 0 aromatic carbocycles. The molecule has 0 bridgehead atoms. The van der Waals surface area contributed by atoms with Gasteiger partial charge < -0.3 is 10.5 Å². The largest absolute Gasteiger partial charge is 0.450 e. The van der Waals surface area contributed by atoms with Crippen LogP contribution in [0.25, 0.3) is 0 Å². The lowest BCUT2D eigenvalue weighted by atomic mass is 10.3. The van der Waals surface area contributed by atoms with Crippen molar-refractivity contribution in [3.05, 3.63) is 6.92 Å². The molecule has 1 radical (unpaired) electrons. The van der Waals surface area contributed by atoms with Crippen LogP contribution in [0.5, 0.6) is 0 Å². The Morgan fingerprint density at radius 2 is 2.44 bits per heavy atom. The number of hydrogen-bond acceptors (Lipinski definition) is 2. The molecule has 0 spiro atoms.